The van der Waals surface area contributed by atoms with E-state index in [2.05, 4.69) is 5.10 Å². The molecule has 1 aromatic heterocycles. The molecule has 0 atom stereocenters. The highest BCUT2D eigenvalue weighted by atomic mass is 16.6. The Labute approximate surface area is 125 Å². The molecule has 3 N–H and O–H groups in total. The molecule has 0 aliphatic heterocycles. The molecule has 8 heteroatoms. The molecule has 2 aromatic rings. The number of methoxy groups -OCH3 is 1. The van der Waals surface area contributed by atoms with Crippen molar-refractivity contribution in [3.63, 3.8) is 0 Å². The fourth-order valence-corrected chi connectivity index (χ4v) is 1.88. The van der Waals surface area contributed by atoms with Crippen molar-refractivity contribution >= 4 is 17.8 Å². The maximum Gasteiger partial charge on any atom is 0.311 e. The fraction of sp³-hybridized carbons (Fsp3) is 0.0714. The average Bonchev–Trinajstić information content (AvgIpc) is 2.52. The van der Waals surface area contributed by atoms with Gasteiger partial charge >= 0.3 is 5.69 Å². The Balaban J connectivity index is 2.41. The topological polar surface area (TPSA) is 116 Å². The molecule has 1 aromatic carbocycles. The molecule has 0 bridgehead atoms. The van der Waals surface area contributed by atoms with E-state index in [4.69, 9.17) is 10.6 Å². The van der Waals surface area contributed by atoms with Crippen LogP contribution in [0.15, 0.2) is 41.8 Å². The van der Waals surface area contributed by atoms with E-state index in [9.17, 15) is 15.3 Å². The Morgan fingerprint density at radius 1 is 1.41 bits per heavy atom. The molecule has 22 heavy (non-hydrogen) atoms. The van der Waals surface area contributed by atoms with E-state index in [-0.39, 0.29) is 11.4 Å². The number of ether oxygens (including phenoxy) is 1. The van der Waals surface area contributed by atoms with Gasteiger partial charge in [-0.15, -0.1) is 0 Å². The zero-order valence-corrected chi connectivity index (χ0v) is 11.7. The minimum atomic E-state index is -0.513. The first-order chi connectivity index (χ1) is 10.5. The van der Waals surface area contributed by atoms with Crippen LogP contribution in [0.2, 0.25) is 0 Å². The number of aromatic nitrogens is 1. The van der Waals surface area contributed by atoms with Gasteiger partial charge in [0.1, 0.15) is 0 Å². The minimum absolute atomic E-state index is 0.126. The highest BCUT2D eigenvalue weighted by Gasteiger charge is 2.14. The smallest absolute Gasteiger partial charge is 0.311 e. The predicted octanol–water partition coefficient (Wildman–Crippen LogP) is 1.59. The highest BCUT2D eigenvalue weighted by Crippen LogP contribution is 2.28. The number of hydrogen-bond donors (Lipinski definition) is 2. The summed E-state index contributed by atoms with van der Waals surface area (Å²) in [5.74, 6) is 5.45. The van der Waals surface area contributed by atoms with Crippen LogP contribution in [0.1, 0.15) is 11.1 Å². The first-order valence-corrected chi connectivity index (χ1v) is 6.21. The van der Waals surface area contributed by atoms with Gasteiger partial charge in [-0.2, -0.15) is 5.10 Å². The summed E-state index contributed by atoms with van der Waals surface area (Å²) in [4.78, 5) is 10.5. The lowest BCUT2D eigenvalue weighted by molar-refractivity contribution is -0.385. The first-order valence-electron chi connectivity index (χ1n) is 6.21. The maximum absolute atomic E-state index is 11.0. The van der Waals surface area contributed by atoms with Crippen molar-refractivity contribution in [3.05, 3.63) is 63.3 Å². The van der Waals surface area contributed by atoms with Gasteiger partial charge in [-0.3, -0.25) is 10.1 Å². The Morgan fingerprint density at radius 2 is 2.18 bits per heavy atom. The van der Waals surface area contributed by atoms with E-state index in [0.29, 0.717) is 16.5 Å². The lowest BCUT2D eigenvalue weighted by Gasteiger charge is -2.02. The quantitative estimate of drug-likeness (QED) is 0.385. The highest BCUT2D eigenvalue weighted by molar-refractivity contribution is 5.71. The number of rotatable bonds is 4. The lowest BCUT2D eigenvalue weighted by Crippen LogP contribution is -2.11. The average molecular weight is 302 g/mol. The molecule has 0 spiro atoms. The summed E-state index contributed by atoms with van der Waals surface area (Å²) < 4.78 is 5.81. The summed E-state index contributed by atoms with van der Waals surface area (Å²) in [7, 11) is 1.37. The second kappa shape index (κ2) is 6.44. The zero-order chi connectivity index (χ0) is 16.1. The number of nitro groups is 1. The van der Waals surface area contributed by atoms with Gasteiger partial charge in [-0.1, -0.05) is 18.2 Å². The van der Waals surface area contributed by atoms with Crippen LogP contribution in [-0.4, -0.2) is 22.0 Å². The summed E-state index contributed by atoms with van der Waals surface area (Å²) in [6, 6.07) is 6.13. The van der Waals surface area contributed by atoms with Crippen LogP contribution in [-0.2, 0) is 0 Å². The lowest BCUT2D eigenvalue weighted by atomic mass is 10.1. The van der Waals surface area contributed by atoms with Gasteiger partial charge in [0.15, 0.2) is 5.75 Å². The van der Waals surface area contributed by atoms with Crippen LogP contribution >= 0.6 is 0 Å². The molecule has 0 saturated heterocycles. The van der Waals surface area contributed by atoms with Crippen molar-refractivity contribution in [2.24, 2.45) is 10.9 Å². The third-order valence-corrected chi connectivity index (χ3v) is 2.95. The number of nitrogens with two attached hydrogens (primary N) is 1. The summed E-state index contributed by atoms with van der Waals surface area (Å²) in [6.45, 7) is 0. The minimum Gasteiger partial charge on any atom is -0.490 e. The van der Waals surface area contributed by atoms with E-state index in [1.165, 1.54) is 37.7 Å². The standard InChI is InChI=1S/C14H14N4O4/c1-22-14-5-3-10(8-13(14)18(20)21)2-4-11-9-17(19)7-6-12(11)16-15/h2-9,19H,15H2,1H3. The maximum atomic E-state index is 11.0. The second-order valence-corrected chi connectivity index (χ2v) is 4.32. The van der Waals surface area contributed by atoms with Crippen molar-refractivity contribution < 1.29 is 14.9 Å². The van der Waals surface area contributed by atoms with E-state index in [1.54, 1.807) is 18.2 Å². The van der Waals surface area contributed by atoms with E-state index in [0.717, 1.165) is 4.73 Å². The molecule has 0 radical (unpaired) electrons. The van der Waals surface area contributed by atoms with Crippen LogP contribution < -0.4 is 15.9 Å². The summed E-state index contributed by atoms with van der Waals surface area (Å²) in [5.41, 5.74) is 1.04. The summed E-state index contributed by atoms with van der Waals surface area (Å²) in [6.07, 6.45) is 6.10. The van der Waals surface area contributed by atoms with Crippen molar-refractivity contribution in [1.29, 1.82) is 0 Å². The van der Waals surface area contributed by atoms with Gasteiger partial charge in [0, 0.05) is 17.8 Å². The number of hydrogen-bond acceptors (Lipinski definition) is 6. The Hall–Kier alpha value is -3.29. The Kier molecular flexibility index (Phi) is 4.42. The first kappa shape index (κ1) is 15.1. The number of nitro benzene ring substituents is 1. The van der Waals surface area contributed by atoms with E-state index >= 15 is 0 Å². The zero-order valence-electron chi connectivity index (χ0n) is 11.7. The molecule has 2 rings (SSSR count). The Bertz CT molecular complexity index is 796. The Morgan fingerprint density at radius 3 is 2.82 bits per heavy atom. The summed E-state index contributed by atoms with van der Waals surface area (Å²) >= 11 is 0. The molecule has 0 amide bonds. The van der Waals surface area contributed by atoms with Crippen LogP contribution in [0, 0.1) is 10.1 Å². The van der Waals surface area contributed by atoms with Gasteiger partial charge < -0.3 is 15.8 Å². The van der Waals surface area contributed by atoms with Crippen molar-refractivity contribution in [1.82, 2.24) is 4.73 Å². The molecule has 1 heterocycles. The van der Waals surface area contributed by atoms with Gasteiger partial charge in [0.25, 0.3) is 0 Å². The molecule has 8 nitrogen and oxygen atoms in total. The van der Waals surface area contributed by atoms with Crippen LogP contribution in [0.25, 0.3) is 12.2 Å². The number of benzene rings is 1. The molecular weight excluding hydrogens is 288 g/mol. The SMILES string of the molecule is COc1ccc(C=Cc2cn(O)ccc2=NN)cc1[N+](=O)[O-]. The predicted molar refractivity (Wildman–Crippen MR) is 79.9 cm³/mol. The molecule has 0 unspecified atom stereocenters. The van der Waals surface area contributed by atoms with Crippen molar-refractivity contribution in [2.45, 2.75) is 0 Å². The third kappa shape index (κ3) is 3.23. The van der Waals surface area contributed by atoms with Crippen LogP contribution in [0.5, 0.6) is 5.75 Å². The number of nitrogens with zero attached hydrogens (tertiary/aromatic N) is 3. The summed E-state index contributed by atoms with van der Waals surface area (Å²) in [5, 5.41) is 24.5. The fourth-order valence-electron chi connectivity index (χ4n) is 1.88. The van der Waals surface area contributed by atoms with E-state index < -0.39 is 4.92 Å². The van der Waals surface area contributed by atoms with Crippen LogP contribution in [0.3, 0.4) is 0 Å². The molecule has 0 fully saturated rings. The van der Waals surface area contributed by atoms with Gasteiger partial charge in [0.2, 0.25) is 0 Å². The van der Waals surface area contributed by atoms with Crippen LogP contribution in [0.4, 0.5) is 5.69 Å². The van der Waals surface area contributed by atoms with Crippen molar-refractivity contribution in [2.75, 3.05) is 7.11 Å². The van der Waals surface area contributed by atoms with Crippen molar-refractivity contribution in [3.8, 4) is 5.75 Å². The van der Waals surface area contributed by atoms with Gasteiger partial charge in [-0.05, 0) is 17.7 Å². The molecule has 0 aliphatic carbocycles. The monoisotopic (exact) mass is 302 g/mol. The molecule has 0 aliphatic rings. The largest absolute Gasteiger partial charge is 0.490 e. The third-order valence-electron chi connectivity index (χ3n) is 2.95. The van der Waals surface area contributed by atoms with Gasteiger partial charge in [-0.25, -0.2) is 4.73 Å². The molecular formula is C14H14N4O4. The number of pyridine rings is 1. The normalized spacial score (nSPS) is 11.8. The second-order valence-electron chi connectivity index (χ2n) is 4.32. The van der Waals surface area contributed by atoms with E-state index in [1.807, 2.05) is 0 Å². The van der Waals surface area contributed by atoms with Gasteiger partial charge in [0.05, 0.1) is 23.6 Å². The molecule has 114 valence electrons. The molecule has 0 saturated carbocycles.